The summed E-state index contributed by atoms with van der Waals surface area (Å²) in [5.41, 5.74) is 6.67. The molecule has 2 aromatic carbocycles. The molecule has 9 nitrogen and oxygen atoms in total. The molecule has 0 aliphatic heterocycles. The van der Waals surface area contributed by atoms with E-state index in [-0.39, 0.29) is 24.8 Å². The third-order valence-corrected chi connectivity index (χ3v) is 4.09. The number of nitrogens with two attached hydrogens (primary N) is 1. The van der Waals surface area contributed by atoms with E-state index in [0.29, 0.717) is 22.4 Å². The molecular weight excluding hydrogens is 390 g/mol. The summed E-state index contributed by atoms with van der Waals surface area (Å²) in [6.45, 7) is 3.33. The molecule has 0 aromatic heterocycles. The number of nitrogens with one attached hydrogen (secondary N) is 1. The van der Waals surface area contributed by atoms with Gasteiger partial charge in [0.15, 0.2) is 18.2 Å². The number of esters is 1. The molecule has 1 amide bonds. The van der Waals surface area contributed by atoms with Gasteiger partial charge in [-0.15, -0.1) is 0 Å². The average molecular weight is 413 g/mol. The SMILES string of the molecule is CCOC(=O)COc1ccc(C(=O)NC(C)C(=O)c2ccc(/C(N)=N/O)cc2)cc1. The third-order valence-electron chi connectivity index (χ3n) is 4.09. The zero-order valence-corrected chi connectivity index (χ0v) is 16.6. The first-order chi connectivity index (χ1) is 14.3. The molecule has 0 aliphatic carbocycles. The minimum absolute atomic E-state index is 0.0648. The standard InChI is InChI=1S/C21H23N3O6/c1-3-29-18(25)12-30-17-10-8-16(9-11-17)21(27)23-13(2)19(26)14-4-6-15(7-5-14)20(22)24-28/h4-11,13,28H,3,12H2,1-2H3,(H2,22,24)(H,23,27). The van der Waals surface area contributed by atoms with Crippen molar-refractivity contribution in [2.45, 2.75) is 19.9 Å². The quantitative estimate of drug-likeness (QED) is 0.142. The van der Waals surface area contributed by atoms with Crippen molar-refractivity contribution in [2.75, 3.05) is 13.2 Å². The molecule has 1 atom stereocenters. The molecule has 4 N–H and O–H groups in total. The van der Waals surface area contributed by atoms with Crippen LogP contribution in [0.2, 0.25) is 0 Å². The highest BCUT2D eigenvalue weighted by Gasteiger charge is 2.18. The van der Waals surface area contributed by atoms with Crippen molar-refractivity contribution in [1.29, 1.82) is 0 Å². The normalized spacial score (nSPS) is 12.0. The summed E-state index contributed by atoms with van der Waals surface area (Å²) in [5, 5.41) is 14.2. The molecule has 0 aliphatic rings. The van der Waals surface area contributed by atoms with Crippen LogP contribution in [0.25, 0.3) is 0 Å². The molecule has 0 saturated carbocycles. The summed E-state index contributed by atoms with van der Waals surface area (Å²) in [4.78, 5) is 36.2. The summed E-state index contributed by atoms with van der Waals surface area (Å²) in [5.74, 6) is -0.851. The molecule has 158 valence electrons. The van der Waals surface area contributed by atoms with Crippen molar-refractivity contribution in [1.82, 2.24) is 5.32 Å². The fraction of sp³-hybridized carbons (Fsp3) is 0.238. The maximum Gasteiger partial charge on any atom is 0.344 e. The van der Waals surface area contributed by atoms with Gasteiger partial charge in [-0.25, -0.2) is 4.79 Å². The monoisotopic (exact) mass is 413 g/mol. The maximum absolute atomic E-state index is 12.5. The lowest BCUT2D eigenvalue weighted by atomic mass is 10.0. The van der Waals surface area contributed by atoms with Crippen LogP contribution in [0.3, 0.4) is 0 Å². The van der Waals surface area contributed by atoms with Crippen LogP contribution >= 0.6 is 0 Å². The minimum Gasteiger partial charge on any atom is -0.482 e. The van der Waals surface area contributed by atoms with Gasteiger partial charge in [0.2, 0.25) is 0 Å². The molecule has 30 heavy (non-hydrogen) atoms. The first kappa shape index (κ1) is 22.4. The molecule has 0 heterocycles. The Hall–Kier alpha value is -3.88. The van der Waals surface area contributed by atoms with E-state index in [2.05, 4.69) is 10.5 Å². The second-order valence-corrected chi connectivity index (χ2v) is 6.24. The van der Waals surface area contributed by atoms with Gasteiger partial charge in [0.25, 0.3) is 5.91 Å². The highest BCUT2D eigenvalue weighted by atomic mass is 16.6. The van der Waals surface area contributed by atoms with E-state index in [0.717, 1.165) is 0 Å². The second kappa shape index (κ2) is 10.6. The van der Waals surface area contributed by atoms with Crippen LogP contribution in [0.4, 0.5) is 0 Å². The van der Waals surface area contributed by atoms with E-state index in [1.165, 1.54) is 24.3 Å². The van der Waals surface area contributed by atoms with Gasteiger partial charge in [-0.1, -0.05) is 29.4 Å². The Balaban J connectivity index is 1.94. The Kier molecular flexibility index (Phi) is 7.92. The van der Waals surface area contributed by atoms with Gasteiger partial charge in [-0.2, -0.15) is 0 Å². The number of carbonyl (C=O) groups excluding carboxylic acids is 3. The number of amides is 1. The summed E-state index contributed by atoms with van der Waals surface area (Å²) in [7, 11) is 0. The molecule has 2 aromatic rings. The first-order valence-corrected chi connectivity index (χ1v) is 9.17. The molecule has 0 spiro atoms. The third kappa shape index (κ3) is 6.06. The van der Waals surface area contributed by atoms with Crippen LogP contribution < -0.4 is 15.8 Å². The Morgan fingerprint density at radius 3 is 2.17 bits per heavy atom. The van der Waals surface area contributed by atoms with Gasteiger partial charge in [-0.05, 0) is 38.1 Å². The number of nitrogens with zero attached hydrogens (tertiary/aromatic N) is 1. The highest BCUT2D eigenvalue weighted by Crippen LogP contribution is 2.13. The minimum atomic E-state index is -0.771. The lowest BCUT2D eigenvalue weighted by molar-refractivity contribution is -0.145. The van der Waals surface area contributed by atoms with Gasteiger partial charge in [0.05, 0.1) is 12.6 Å². The number of oxime groups is 1. The second-order valence-electron chi connectivity index (χ2n) is 6.24. The average Bonchev–Trinajstić information content (AvgIpc) is 2.77. The Labute approximate surface area is 173 Å². The van der Waals surface area contributed by atoms with Crippen molar-refractivity contribution in [2.24, 2.45) is 10.9 Å². The molecule has 0 fully saturated rings. The fourth-order valence-corrected chi connectivity index (χ4v) is 2.51. The van der Waals surface area contributed by atoms with Crippen molar-refractivity contribution in [3.05, 3.63) is 65.2 Å². The molecular formula is C21H23N3O6. The van der Waals surface area contributed by atoms with Crippen molar-refractivity contribution >= 4 is 23.5 Å². The Morgan fingerprint density at radius 1 is 1.03 bits per heavy atom. The van der Waals surface area contributed by atoms with Gasteiger partial charge < -0.3 is 25.7 Å². The van der Waals surface area contributed by atoms with E-state index in [1.807, 2.05) is 0 Å². The molecule has 0 radical (unpaired) electrons. The summed E-state index contributed by atoms with van der Waals surface area (Å²) >= 11 is 0. The van der Waals surface area contributed by atoms with Crippen LogP contribution in [0.1, 0.15) is 40.1 Å². The van der Waals surface area contributed by atoms with E-state index in [4.69, 9.17) is 20.4 Å². The molecule has 9 heteroatoms. The number of amidine groups is 1. The van der Waals surface area contributed by atoms with Crippen LogP contribution in [-0.4, -0.2) is 48.0 Å². The maximum atomic E-state index is 12.5. The molecule has 1 unspecified atom stereocenters. The summed E-state index contributed by atoms with van der Waals surface area (Å²) in [6, 6.07) is 11.5. The number of hydrogen-bond donors (Lipinski definition) is 3. The number of hydrogen-bond acceptors (Lipinski definition) is 7. The predicted octanol–water partition coefficient (Wildman–Crippen LogP) is 1.72. The lowest BCUT2D eigenvalue weighted by Gasteiger charge is -2.14. The predicted molar refractivity (Wildman–Crippen MR) is 109 cm³/mol. The number of benzene rings is 2. The lowest BCUT2D eigenvalue weighted by Crippen LogP contribution is -2.38. The van der Waals surface area contributed by atoms with Crippen LogP contribution in [0.5, 0.6) is 5.75 Å². The number of ether oxygens (including phenoxy) is 2. The Morgan fingerprint density at radius 2 is 1.60 bits per heavy atom. The van der Waals surface area contributed by atoms with E-state index in [1.54, 1.807) is 38.1 Å². The zero-order chi connectivity index (χ0) is 22.1. The zero-order valence-electron chi connectivity index (χ0n) is 16.6. The van der Waals surface area contributed by atoms with Crippen molar-refractivity contribution in [3.63, 3.8) is 0 Å². The van der Waals surface area contributed by atoms with Gasteiger partial charge in [0.1, 0.15) is 5.75 Å². The number of ketones is 1. The fourth-order valence-electron chi connectivity index (χ4n) is 2.51. The van der Waals surface area contributed by atoms with Gasteiger partial charge in [0, 0.05) is 16.7 Å². The molecule has 0 saturated heterocycles. The van der Waals surface area contributed by atoms with E-state index in [9.17, 15) is 14.4 Å². The smallest absolute Gasteiger partial charge is 0.344 e. The van der Waals surface area contributed by atoms with Crippen LogP contribution in [-0.2, 0) is 9.53 Å². The number of rotatable bonds is 9. The number of carbonyl (C=O) groups is 3. The van der Waals surface area contributed by atoms with Gasteiger partial charge >= 0.3 is 5.97 Å². The highest BCUT2D eigenvalue weighted by molar-refractivity contribution is 6.05. The van der Waals surface area contributed by atoms with Crippen LogP contribution in [0.15, 0.2) is 53.7 Å². The van der Waals surface area contributed by atoms with E-state index >= 15 is 0 Å². The Bertz CT molecular complexity index is 923. The largest absolute Gasteiger partial charge is 0.482 e. The summed E-state index contributed by atoms with van der Waals surface area (Å²) in [6.07, 6.45) is 0. The summed E-state index contributed by atoms with van der Waals surface area (Å²) < 4.78 is 10.0. The molecule has 2 rings (SSSR count). The topological polar surface area (TPSA) is 140 Å². The molecule has 0 bridgehead atoms. The van der Waals surface area contributed by atoms with E-state index < -0.39 is 17.9 Å². The van der Waals surface area contributed by atoms with Gasteiger partial charge in [-0.3, -0.25) is 9.59 Å². The van der Waals surface area contributed by atoms with Crippen molar-refractivity contribution in [3.8, 4) is 5.75 Å². The van der Waals surface area contributed by atoms with Crippen molar-refractivity contribution < 1.29 is 29.1 Å². The first-order valence-electron chi connectivity index (χ1n) is 9.17. The number of Topliss-reactive ketones (excluding diaryl/α,β-unsaturated/α-hetero) is 1. The van der Waals surface area contributed by atoms with Crippen LogP contribution in [0, 0.1) is 0 Å².